The lowest BCUT2D eigenvalue weighted by Gasteiger charge is -2.37. The lowest BCUT2D eigenvalue weighted by atomic mass is 9.78. The fourth-order valence-electron chi connectivity index (χ4n) is 4.32. The summed E-state index contributed by atoms with van der Waals surface area (Å²) in [5, 5.41) is 0. The Bertz CT molecular complexity index is 587. The molecule has 2 aliphatic rings. The molecule has 27 heavy (non-hydrogen) atoms. The average Bonchev–Trinajstić information content (AvgIpc) is 2.70. The van der Waals surface area contributed by atoms with Gasteiger partial charge in [0.05, 0.1) is 26.4 Å². The fourth-order valence-corrected chi connectivity index (χ4v) is 4.32. The molecule has 1 heterocycles. The Balaban J connectivity index is 1.47. The molecule has 0 amide bonds. The van der Waals surface area contributed by atoms with Gasteiger partial charge in [0.25, 0.3) is 0 Å². The van der Waals surface area contributed by atoms with E-state index >= 15 is 0 Å². The van der Waals surface area contributed by atoms with E-state index in [9.17, 15) is 4.39 Å². The first kappa shape index (κ1) is 20.5. The lowest BCUT2D eigenvalue weighted by Crippen LogP contribution is -2.38. The van der Waals surface area contributed by atoms with Crippen LogP contribution >= 0.6 is 0 Å². The van der Waals surface area contributed by atoms with E-state index in [1.807, 2.05) is 6.07 Å². The van der Waals surface area contributed by atoms with Gasteiger partial charge in [0.2, 0.25) is 0 Å². The van der Waals surface area contributed by atoms with Gasteiger partial charge in [-0.2, -0.15) is 0 Å². The predicted octanol–water partition coefficient (Wildman–Crippen LogP) is 5.59. The van der Waals surface area contributed by atoms with Crippen LogP contribution in [0.25, 0.3) is 0 Å². The van der Waals surface area contributed by atoms with Gasteiger partial charge in [-0.15, -0.1) is 6.58 Å². The van der Waals surface area contributed by atoms with Crippen molar-refractivity contribution >= 4 is 0 Å². The average molecular weight is 377 g/mol. The first-order valence-corrected chi connectivity index (χ1v) is 10.4. The number of rotatable bonds is 8. The molecule has 0 unspecified atom stereocenters. The van der Waals surface area contributed by atoms with Crippen LogP contribution in [0.3, 0.4) is 0 Å². The van der Waals surface area contributed by atoms with Crippen LogP contribution in [0.15, 0.2) is 30.9 Å². The maximum absolute atomic E-state index is 14.4. The SMILES string of the molecule is C=CCOCc1ccc(C2CCC([C@H]3OC[C@H](CCC)CO3)CC2)cc1F. The van der Waals surface area contributed by atoms with Crippen molar-refractivity contribution in [2.75, 3.05) is 19.8 Å². The molecule has 4 heteroatoms. The van der Waals surface area contributed by atoms with E-state index in [0.717, 1.165) is 44.5 Å². The Hall–Kier alpha value is -1.23. The Labute approximate surface area is 162 Å². The summed E-state index contributed by atoms with van der Waals surface area (Å²) in [6.45, 7) is 8.21. The Morgan fingerprint density at radius 2 is 1.93 bits per heavy atom. The molecule has 0 radical (unpaired) electrons. The minimum Gasteiger partial charge on any atom is -0.373 e. The van der Waals surface area contributed by atoms with Gasteiger partial charge in [0.15, 0.2) is 6.29 Å². The smallest absolute Gasteiger partial charge is 0.160 e. The molecule has 1 aliphatic carbocycles. The van der Waals surface area contributed by atoms with E-state index in [0.29, 0.717) is 36.5 Å². The number of benzene rings is 1. The Morgan fingerprint density at radius 3 is 2.56 bits per heavy atom. The van der Waals surface area contributed by atoms with Crippen LogP contribution in [-0.2, 0) is 20.8 Å². The minimum absolute atomic E-state index is 0.0415. The molecule has 0 spiro atoms. The van der Waals surface area contributed by atoms with E-state index in [-0.39, 0.29) is 12.1 Å². The second kappa shape index (κ2) is 10.4. The zero-order chi connectivity index (χ0) is 19.1. The van der Waals surface area contributed by atoms with Crippen LogP contribution in [0.1, 0.15) is 62.5 Å². The molecule has 0 atom stereocenters. The largest absolute Gasteiger partial charge is 0.373 e. The van der Waals surface area contributed by atoms with E-state index in [2.05, 4.69) is 19.6 Å². The predicted molar refractivity (Wildman–Crippen MR) is 105 cm³/mol. The standard InChI is InChI=1S/C23H33FO3/c1-3-5-17-14-26-23(27-15-17)19-8-6-18(7-9-19)20-10-11-21(22(24)13-20)16-25-12-4-2/h4,10-11,13,17-19,23H,2-3,5-9,12,14-16H2,1H3/t17-,18?,19?,23-. The van der Waals surface area contributed by atoms with Crippen LogP contribution in [-0.4, -0.2) is 26.1 Å². The summed E-state index contributed by atoms with van der Waals surface area (Å²) in [6, 6.07) is 5.62. The maximum atomic E-state index is 14.4. The van der Waals surface area contributed by atoms with Crippen molar-refractivity contribution in [2.45, 2.75) is 64.3 Å². The third-order valence-electron chi connectivity index (χ3n) is 5.89. The van der Waals surface area contributed by atoms with Crippen LogP contribution in [0.5, 0.6) is 0 Å². The summed E-state index contributed by atoms with van der Waals surface area (Å²) in [4.78, 5) is 0. The highest BCUT2D eigenvalue weighted by atomic mass is 19.1. The van der Waals surface area contributed by atoms with Gasteiger partial charge in [-0.25, -0.2) is 4.39 Å². The first-order chi connectivity index (χ1) is 13.2. The molecule has 1 aromatic carbocycles. The molecule has 1 aliphatic heterocycles. The summed E-state index contributed by atoms with van der Waals surface area (Å²) in [5.74, 6) is 1.29. The monoisotopic (exact) mass is 376 g/mol. The van der Waals surface area contributed by atoms with E-state index < -0.39 is 0 Å². The first-order valence-electron chi connectivity index (χ1n) is 10.4. The molecule has 0 bridgehead atoms. The van der Waals surface area contributed by atoms with Gasteiger partial charge in [0.1, 0.15) is 5.82 Å². The number of hydrogen-bond donors (Lipinski definition) is 0. The quantitative estimate of drug-likeness (QED) is 0.437. The second-order valence-electron chi connectivity index (χ2n) is 7.96. The van der Waals surface area contributed by atoms with Crippen molar-refractivity contribution in [3.8, 4) is 0 Å². The van der Waals surface area contributed by atoms with Crippen molar-refractivity contribution in [3.63, 3.8) is 0 Å². The van der Waals surface area contributed by atoms with Gasteiger partial charge in [-0.3, -0.25) is 0 Å². The molecule has 1 saturated heterocycles. The van der Waals surface area contributed by atoms with Crippen molar-refractivity contribution in [1.82, 2.24) is 0 Å². The third-order valence-corrected chi connectivity index (χ3v) is 5.89. The molecule has 3 nitrogen and oxygen atoms in total. The zero-order valence-electron chi connectivity index (χ0n) is 16.5. The molecule has 0 N–H and O–H groups in total. The highest BCUT2D eigenvalue weighted by Crippen LogP contribution is 2.39. The van der Waals surface area contributed by atoms with Gasteiger partial charge in [0, 0.05) is 17.4 Å². The van der Waals surface area contributed by atoms with Crippen molar-refractivity contribution < 1.29 is 18.6 Å². The lowest BCUT2D eigenvalue weighted by molar-refractivity contribution is -0.229. The summed E-state index contributed by atoms with van der Waals surface area (Å²) >= 11 is 0. The highest BCUT2D eigenvalue weighted by Gasteiger charge is 2.32. The third kappa shape index (κ3) is 5.63. The zero-order valence-corrected chi connectivity index (χ0v) is 16.5. The topological polar surface area (TPSA) is 27.7 Å². The Morgan fingerprint density at radius 1 is 1.19 bits per heavy atom. The fraction of sp³-hybridized carbons (Fsp3) is 0.652. The minimum atomic E-state index is -0.167. The summed E-state index contributed by atoms with van der Waals surface area (Å²) in [7, 11) is 0. The molecule has 1 aromatic rings. The van der Waals surface area contributed by atoms with Crippen LogP contribution < -0.4 is 0 Å². The van der Waals surface area contributed by atoms with Crippen LogP contribution in [0.4, 0.5) is 4.39 Å². The maximum Gasteiger partial charge on any atom is 0.160 e. The van der Waals surface area contributed by atoms with Crippen LogP contribution in [0.2, 0.25) is 0 Å². The number of ether oxygens (including phenoxy) is 3. The van der Waals surface area contributed by atoms with Crippen molar-refractivity contribution in [1.29, 1.82) is 0 Å². The molecule has 1 saturated carbocycles. The van der Waals surface area contributed by atoms with Gasteiger partial charge >= 0.3 is 0 Å². The molecule has 2 fully saturated rings. The van der Waals surface area contributed by atoms with Crippen LogP contribution in [0, 0.1) is 17.7 Å². The molecule has 150 valence electrons. The number of halogens is 1. The second-order valence-corrected chi connectivity index (χ2v) is 7.96. The van der Waals surface area contributed by atoms with Gasteiger partial charge in [-0.1, -0.05) is 31.6 Å². The highest BCUT2D eigenvalue weighted by molar-refractivity contribution is 5.27. The van der Waals surface area contributed by atoms with Gasteiger partial charge < -0.3 is 14.2 Å². The summed E-state index contributed by atoms with van der Waals surface area (Å²) in [6.07, 6.45) is 8.30. The van der Waals surface area contributed by atoms with Crippen molar-refractivity contribution in [3.05, 3.63) is 47.8 Å². The normalized spacial score (nSPS) is 28.8. The van der Waals surface area contributed by atoms with E-state index in [1.165, 1.54) is 12.8 Å². The molecule has 3 rings (SSSR count). The van der Waals surface area contributed by atoms with Crippen molar-refractivity contribution in [2.24, 2.45) is 11.8 Å². The van der Waals surface area contributed by atoms with E-state index in [4.69, 9.17) is 14.2 Å². The summed E-state index contributed by atoms with van der Waals surface area (Å²) < 4.78 is 31.7. The van der Waals surface area contributed by atoms with E-state index in [1.54, 1.807) is 12.1 Å². The summed E-state index contributed by atoms with van der Waals surface area (Å²) in [5.41, 5.74) is 1.71. The number of hydrogen-bond acceptors (Lipinski definition) is 3. The molecule has 0 aromatic heterocycles. The molecular weight excluding hydrogens is 343 g/mol. The van der Waals surface area contributed by atoms with Gasteiger partial charge in [-0.05, 0) is 49.7 Å². The molecular formula is C23H33FO3. The Kier molecular flexibility index (Phi) is 7.86.